The highest BCUT2D eigenvalue weighted by molar-refractivity contribution is 7.90. The molecule has 1 aromatic rings. The zero-order valence-corrected chi connectivity index (χ0v) is 14.7. The van der Waals surface area contributed by atoms with Gasteiger partial charge in [-0.15, -0.1) is 6.42 Å². The van der Waals surface area contributed by atoms with Crippen molar-refractivity contribution in [3.8, 4) is 18.1 Å². The lowest BCUT2D eigenvalue weighted by atomic mass is 10.2. The molecule has 0 heterocycles. The van der Waals surface area contributed by atoms with Gasteiger partial charge in [0.2, 0.25) is 0 Å². The third kappa shape index (κ3) is 5.18. The van der Waals surface area contributed by atoms with Crippen LogP contribution in [0.1, 0.15) is 20.8 Å². The molecule has 0 N–H and O–H groups in total. The first kappa shape index (κ1) is 18.8. The van der Waals surface area contributed by atoms with Crippen LogP contribution in [0.25, 0.3) is 0 Å². The number of sulfone groups is 1. The lowest BCUT2D eigenvalue weighted by molar-refractivity contribution is 0.0585. The molecule has 23 heavy (non-hydrogen) atoms. The van der Waals surface area contributed by atoms with Gasteiger partial charge in [-0.2, -0.15) is 0 Å². The van der Waals surface area contributed by atoms with E-state index in [4.69, 9.17) is 15.9 Å². The molecule has 0 fully saturated rings. The maximum absolute atomic E-state index is 12.3. The Morgan fingerprint density at radius 3 is 2.39 bits per heavy atom. The molecule has 7 heteroatoms. The summed E-state index contributed by atoms with van der Waals surface area (Å²) < 4.78 is 33.9. The first-order chi connectivity index (χ1) is 10.5. The van der Waals surface area contributed by atoms with Gasteiger partial charge < -0.3 is 9.47 Å². The van der Waals surface area contributed by atoms with E-state index in [0.717, 1.165) is 6.26 Å². The van der Waals surface area contributed by atoms with Crippen LogP contribution in [0.3, 0.4) is 0 Å². The average Bonchev–Trinajstić information content (AvgIpc) is 2.41. The number of terminal acetylenes is 1. The van der Waals surface area contributed by atoms with Gasteiger partial charge in [0.25, 0.3) is 0 Å². The zero-order valence-electron chi connectivity index (χ0n) is 13.9. The highest BCUT2D eigenvalue weighted by Gasteiger charge is 2.24. The summed E-state index contributed by atoms with van der Waals surface area (Å²) in [5.41, 5.74) is -0.290. The Morgan fingerprint density at radius 1 is 1.35 bits per heavy atom. The average molecular weight is 339 g/mol. The quantitative estimate of drug-likeness (QED) is 0.788. The second-order valence-corrected chi connectivity index (χ2v) is 7.86. The van der Waals surface area contributed by atoms with Crippen molar-refractivity contribution in [1.82, 2.24) is 0 Å². The third-order valence-corrected chi connectivity index (χ3v) is 3.86. The fourth-order valence-corrected chi connectivity index (χ4v) is 2.62. The summed E-state index contributed by atoms with van der Waals surface area (Å²) in [5.74, 6) is 2.52. The highest BCUT2D eigenvalue weighted by atomic mass is 32.2. The van der Waals surface area contributed by atoms with Crippen LogP contribution in [0.4, 0.5) is 10.5 Å². The van der Waals surface area contributed by atoms with Crippen LogP contribution < -0.4 is 9.64 Å². The number of nitrogens with zero attached hydrogens (tertiary/aromatic N) is 1. The predicted molar refractivity (Wildman–Crippen MR) is 88.5 cm³/mol. The van der Waals surface area contributed by atoms with Gasteiger partial charge in [-0.25, -0.2) is 13.2 Å². The number of carbonyl (C=O) groups is 1. The monoisotopic (exact) mass is 339 g/mol. The molecule has 0 unspecified atom stereocenters. The van der Waals surface area contributed by atoms with E-state index < -0.39 is 21.5 Å². The fourth-order valence-electron chi connectivity index (χ4n) is 1.80. The van der Waals surface area contributed by atoms with Crippen LogP contribution in [-0.4, -0.2) is 40.0 Å². The van der Waals surface area contributed by atoms with Crippen molar-refractivity contribution >= 4 is 21.6 Å². The molecule has 0 saturated carbocycles. The number of rotatable bonds is 4. The highest BCUT2D eigenvalue weighted by Crippen LogP contribution is 2.29. The predicted octanol–water partition coefficient (Wildman–Crippen LogP) is 2.47. The minimum atomic E-state index is -3.45. The Hall–Kier alpha value is -2.20. The number of ether oxygens (including phenoxy) is 2. The number of hydrogen-bond donors (Lipinski definition) is 0. The van der Waals surface area contributed by atoms with Crippen molar-refractivity contribution in [2.45, 2.75) is 31.3 Å². The Bertz CT molecular complexity index is 726. The van der Waals surface area contributed by atoms with Gasteiger partial charge >= 0.3 is 6.09 Å². The Balaban J connectivity index is 3.29. The van der Waals surface area contributed by atoms with Crippen LogP contribution in [0, 0.1) is 12.3 Å². The van der Waals surface area contributed by atoms with Crippen molar-refractivity contribution in [2.24, 2.45) is 0 Å². The first-order valence-corrected chi connectivity index (χ1v) is 8.71. The van der Waals surface area contributed by atoms with E-state index in [0.29, 0.717) is 5.69 Å². The lowest BCUT2D eigenvalue weighted by Crippen LogP contribution is -2.37. The largest absolute Gasteiger partial charge is 0.495 e. The molecule has 0 radical (unpaired) electrons. The number of amides is 1. The maximum atomic E-state index is 12.3. The molecule has 0 aromatic heterocycles. The minimum absolute atomic E-state index is 0.0176. The second-order valence-electron chi connectivity index (χ2n) is 5.88. The van der Waals surface area contributed by atoms with Gasteiger partial charge in [-0.05, 0) is 32.9 Å². The van der Waals surface area contributed by atoms with E-state index in [9.17, 15) is 13.2 Å². The number of carbonyl (C=O) groups excluding carboxylic acids is 1. The second kappa shape index (κ2) is 6.92. The number of benzene rings is 1. The molecule has 0 atom stereocenters. The van der Waals surface area contributed by atoms with Gasteiger partial charge in [-0.3, -0.25) is 4.90 Å². The van der Waals surface area contributed by atoms with E-state index >= 15 is 0 Å². The molecule has 0 aliphatic carbocycles. The van der Waals surface area contributed by atoms with E-state index in [1.807, 2.05) is 0 Å². The van der Waals surface area contributed by atoms with E-state index in [2.05, 4.69) is 5.92 Å². The van der Waals surface area contributed by atoms with Crippen molar-refractivity contribution in [3.05, 3.63) is 18.2 Å². The summed E-state index contributed by atoms with van der Waals surface area (Å²) in [7, 11) is -2.10. The summed E-state index contributed by atoms with van der Waals surface area (Å²) in [6, 6.07) is 4.30. The van der Waals surface area contributed by atoms with Gasteiger partial charge in [0.05, 0.1) is 19.3 Å². The summed E-state index contributed by atoms with van der Waals surface area (Å²) in [5, 5.41) is 0. The summed E-state index contributed by atoms with van der Waals surface area (Å²) in [4.78, 5) is 13.6. The van der Waals surface area contributed by atoms with Gasteiger partial charge in [0, 0.05) is 12.3 Å². The summed E-state index contributed by atoms with van der Waals surface area (Å²) in [6.07, 6.45) is 5.77. The molecule has 0 aliphatic rings. The van der Waals surface area contributed by atoms with Gasteiger partial charge in [0.15, 0.2) is 9.84 Å². The van der Waals surface area contributed by atoms with Gasteiger partial charge in [0.1, 0.15) is 16.2 Å². The molecule has 0 bridgehead atoms. The van der Waals surface area contributed by atoms with E-state index in [1.54, 1.807) is 20.8 Å². The molecular formula is C16H21NO5S. The van der Waals surface area contributed by atoms with Crippen molar-refractivity contribution in [1.29, 1.82) is 0 Å². The van der Waals surface area contributed by atoms with Crippen LogP contribution >= 0.6 is 0 Å². The molecule has 0 spiro atoms. The van der Waals surface area contributed by atoms with Crippen LogP contribution in [0.2, 0.25) is 0 Å². The summed E-state index contributed by atoms with van der Waals surface area (Å²) in [6.45, 7) is 5.21. The van der Waals surface area contributed by atoms with Crippen molar-refractivity contribution in [3.63, 3.8) is 0 Å². The standard InChI is InChI=1S/C16H21NO5S/c1-7-10-17(15(18)22-16(2,3)4)12-8-9-14(23(6,19)20)13(11-12)21-5/h1,8-9,11H,10H2,2-6H3. The fraction of sp³-hybridized carbons (Fsp3) is 0.438. The normalized spacial score (nSPS) is 11.5. The van der Waals surface area contributed by atoms with Crippen LogP contribution in [0.5, 0.6) is 5.75 Å². The number of methoxy groups -OCH3 is 1. The molecule has 126 valence electrons. The molecule has 0 aliphatic heterocycles. The van der Waals surface area contributed by atoms with Crippen LogP contribution in [-0.2, 0) is 14.6 Å². The zero-order chi connectivity index (χ0) is 17.8. The molecular weight excluding hydrogens is 318 g/mol. The topological polar surface area (TPSA) is 72.9 Å². The minimum Gasteiger partial charge on any atom is -0.495 e. The number of hydrogen-bond acceptors (Lipinski definition) is 5. The molecule has 0 saturated heterocycles. The number of anilines is 1. The van der Waals surface area contributed by atoms with Crippen molar-refractivity contribution < 1.29 is 22.7 Å². The van der Waals surface area contributed by atoms with Crippen molar-refractivity contribution in [2.75, 3.05) is 24.8 Å². The smallest absolute Gasteiger partial charge is 0.415 e. The summed E-state index contributed by atoms with van der Waals surface area (Å²) >= 11 is 0. The van der Waals surface area contributed by atoms with E-state index in [1.165, 1.54) is 30.2 Å². The third-order valence-electron chi connectivity index (χ3n) is 2.72. The molecule has 1 rings (SSSR count). The Kier molecular flexibility index (Phi) is 5.67. The SMILES string of the molecule is C#CCN(C(=O)OC(C)(C)C)c1ccc(S(C)(=O)=O)c(OC)c1. The maximum Gasteiger partial charge on any atom is 0.415 e. The Morgan fingerprint density at radius 2 is 1.96 bits per heavy atom. The first-order valence-electron chi connectivity index (χ1n) is 6.81. The molecule has 6 nitrogen and oxygen atoms in total. The van der Waals surface area contributed by atoms with Gasteiger partial charge in [-0.1, -0.05) is 5.92 Å². The lowest BCUT2D eigenvalue weighted by Gasteiger charge is -2.26. The molecule has 1 aromatic carbocycles. The Labute approximate surface area is 137 Å². The van der Waals surface area contributed by atoms with Crippen LogP contribution in [0.15, 0.2) is 23.1 Å². The molecule has 1 amide bonds. The van der Waals surface area contributed by atoms with E-state index in [-0.39, 0.29) is 17.2 Å².